The molecule has 12 heteroatoms. The van der Waals surface area contributed by atoms with E-state index in [2.05, 4.69) is 0 Å². The summed E-state index contributed by atoms with van der Waals surface area (Å²) < 4.78 is 18.3. The van der Waals surface area contributed by atoms with Crippen molar-refractivity contribution < 1.29 is 56.5 Å². The molecule has 0 radical (unpaired) electrons. The topological polar surface area (TPSA) is 209 Å². The molecule has 152 valence electrons. The van der Waals surface area contributed by atoms with Crippen molar-refractivity contribution in [2.45, 2.75) is 67.6 Å². The number of aliphatic hydroxyl groups excluding tert-OH is 7. The van der Waals surface area contributed by atoms with E-state index in [1.807, 2.05) is 5.32 Å². The molecule has 2 heterocycles. The maximum absolute atomic E-state index is 11.8. The number of carbonyl (C=O) groups is 1. The average molecular weight is 384 g/mol. The molecule has 2 fully saturated rings. The second kappa shape index (κ2) is 7.98. The molecule has 2 aliphatic rings. The number of hydrogen-bond donors (Lipinski definition) is 9. The Hall–Kier alpha value is -0.930. The van der Waals surface area contributed by atoms with Gasteiger partial charge in [0.1, 0.15) is 54.4 Å². The van der Waals surface area contributed by atoms with Crippen molar-refractivity contribution in [2.75, 3.05) is 13.2 Å². The number of ether oxygens (including phenoxy) is 2. The van der Waals surface area contributed by atoms with Crippen LogP contribution in [0, 0.1) is 0 Å². The highest BCUT2D eigenvalue weighted by Crippen LogP contribution is 2.38. The Morgan fingerprint density at radius 1 is 0.962 bits per heavy atom. The van der Waals surface area contributed by atoms with Crippen molar-refractivity contribution in [1.29, 1.82) is 0 Å². The van der Waals surface area contributed by atoms with Crippen LogP contribution in [0.2, 0.25) is 0 Å². The molecule has 0 aromatic rings. The smallest absolute Gasteiger partial charge is 0.217 e. The van der Waals surface area contributed by atoms with Crippen molar-refractivity contribution in [1.82, 2.24) is 5.32 Å². The number of carbonyl (C=O) groups excluding carboxylic acids is 1. The highest BCUT2D eigenvalue weighted by Gasteiger charge is 2.65. The monoisotopic (exact) mass is 384 g/mol. The van der Waals surface area contributed by atoms with Crippen LogP contribution in [0.5, 0.6) is 0 Å². The maximum Gasteiger partial charge on any atom is 0.217 e. The quantitative estimate of drug-likeness (QED) is 0.223. The van der Waals surface area contributed by atoms with E-state index >= 15 is 0 Å². The van der Waals surface area contributed by atoms with E-state index in [0.717, 1.165) is 6.92 Å². The van der Waals surface area contributed by atoms with Crippen LogP contribution in [0.15, 0.2) is 0 Å². The molecule has 12 nitrogen and oxygen atoms in total. The van der Waals surface area contributed by atoms with Gasteiger partial charge in [0, 0.05) is 6.92 Å². The van der Waals surface area contributed by atoms with E-state index in [1.165, 1.54) is 0 Å². The number of hydrogen-bond acceptors (Lipinski definition) is 11. The minimum Gasteiger partial charge on any atom is -0.394 e. The SMILES string of the molecule is [2H]C1(O)O[C@H](CO)[C@H](O)[C@H](O)[C@]1(NC(C)=O)C1O[C@H](CO)[C@H](O)[C@H](O)[C@H]1O. The van der Waals surface area contributed by atoms with Gasteiger partial charge in [-0.05, 0) is 0 Å². The van der Waals surface area contributed by atoms with Crippen LogP contribution in [0.4, 0.5) is 0 Å². The van der Waals surface area contributed by atoms with E-state index < -0.39 is 79.8 Å². The molecule has 10 atom stereocenters. The van der Waals surface area contributed by atoms with Crippen LogP contribution in [0.3, 0.4) is 0 Å². The largest absolute Gasteiger partial charge is 0.394 e. The highest BCUT2D eigenvalue weighted by atomic mass is 16.6. The predicted octanol–water partition coefficient (Wildman–Crippen LogP) is -5.86. The van der Waals surface area contributed by atoms with Crippen LogP contribution in [0.1, 0.15) is 8.29 Å². The highest BCUT2D eigenvalue weighted by molar-refractivity contribution is 5.74. The Morgan fingerprint density at radius 2 is 1.50 bits per heavy atom. The van der Waals surface area contributed by atoms with Gasteiger partial charge in [-0.15, -0.1) is 0 Å². The zero-order chi connectivity index (χ0) is 20.7. The van der Waals surface area contributed by atoms with Gasteiger partial charge in [0.15, 0.2) is 6.27 Å². The van der Waals surface area contributed by atoms with Crippen LogP contribution >= 0.6 is 0 Å². The minimum atomic E-state index is -3.27. The van der Waals surface area contributed by atoms with Crippen molar-refractivity contribution in [3.05, 3.63) is 0 Å². The lowest BCUT2D eigenvalue weighted by Gasteiger charge is -2.56. The Bertz CT molecular complexity index is 549. The lowest BCUT2D eigenvalue weighted by molar-refractivity contribution is -0.334. The molecule has 0 aromatic heterocycles. The first-order chi connectivity index (χ1) is 12.4. The van der Waals surface area contributed by atoms with Gasteiger partial charge in [-0.1, -0.05) is 0 Å². The summed E-state index contributed by atoms with van der Waals surface area (Å²) >= 11 is 0. The van der Waals surface area contributed by atoms with E-state index in [0.29, 0.717) is 0 Å². The molecule has 0 spiro atoms. The molecule has 0 saturated carbocycles. The van der Waals surface area contributed by atoms with Gasteiger partial charge in [0.25, 0.3) is 0 Å². The zero-order valence-electron chi connectivity index (χ0n) is 14.8. The lowest BCUT2D eigenvalue weighted by Crippen LogP contribution is -2.81. The number of aliphatic hydroxyl groups is 8. The van der Waals surface area contributed by atoms with Gasteiger partial charge in [-0.3, -0.25) is 4.79 Å². The summed E-state index contributed by atoms with van der Waals surface area (Å²) in [6.45, 7) is -0.809. The predicted molar refractivity (Wildman–Crippen MR) is 80.3 cm³/mol. The molecule has 1 amide bonds. The van der Waals surface area contributed by atoms with Crippen LogP contribution in [-0.4, -0.2) is 121 Å². The van der Waals surface area contributed by atoms with Gasteiger partial charge in [-0.2, -0.15) is 0 Å². The van der Waals surface area contributed by atoms with E-state index in [-0.39, 0.29) is 0 Å². The van der Waals surface area contributed by atoms with Crippen molar-refractivity contribution >= 4 is 5.91 Å². The zero-order valence-corrected chi connectivity index (χ0v) is 13.8. The second-order valence-electron chi connectivity index (χ2n) is 6.38. The molecule has 2 aliphatic heterocycles. The van der Waals surface area contributed by atoms with Crippen molar-refractivity contribution in [3.8, 4) is 0 Å². The summed E-state index contributed by atoms with van der Waals surface area (Å²) in [7, 11) is 0. The summed E-state index contributed by atoms with van der Waals surface area (Å²) in [5.74, 6) is -0.935. The molecule has 2 rings (SSSR count). The molecule has 26 heavy (non-hydrogen) atoms. The third kappa shape index (κ3) is 3.33. The van der Waals surface area contributed by atoms with Gasteiger partial charge < -0.3 is 55.6 Å². The minimum absolute atomic E-state index is 0.854. The second-order valence-corrected chi connectivity index (χ2v) is 6.38. The van der Waals surface area contributed by atoms with E-state index in [9.17, 15) is 45.6 Å². The molecule has 2 saturated heterocycles. The third-order valence-electron chi connectivity index (χ3n) is 4.69. The molecule has 0 bridgehead atoms. The van der Waals surface area contributed by atoms with Crippen molar-refractivity contribution in [3.63, 3.8) is 0 Å². The number of rotatable bonds is 4. The Morgan fingerprint density at radius 3 is 2.00 bits per heavy atom. The first kappa shape index (κ1) is 19.8. The molecule has 9 N–H and O–H groups in total. The van der Waals surface area contributed by atoms with Gasteiger partial charge in [0.05, 0.1) is 14.6 Å². The van der Waals surface area contributed by atoms with Gasteiger partial charge >= 0.3 is 0 Å². The maximum atomic E-state index is 11.8. The van der Waals surface area contributed by atoms with Crippen molar-refractivity contribution in [2.24, 2.45) is 0 Å². The summed E-state index contributed by atoms with van der Waals surface area (Å²) in [5, 5.41) is 82.2. The Labute approximate surface area is 149 Å². The van der Waals surface area contributed by atoms with Crippen LogP contribution in [0.25, 0.3) is 0 Å². The number of amides is 1. The van der Waals surface area contributed by atoms with Gasteiger partial charge in [-0.25, -0.2) is 0 Å². The summed E-state index contributed by atoms with van der Waals surface area (Å²) in [6.07, 6.45) is -18.4. The van der Waals surface area contributed by atoms with E-state index in [4.69, 9.17) is 10.8 Å². The Balaban J connectivity index is 2.59. The standard InChI is InChI=1S/C14H25NO11/c1-4(18)15-14(11(23)8(20)6(3-17)26-13(14)24)12-10(22)9(21)7(19)5(2-16)25-12/h5-13,16-17,19-24H,2-3H2,1H3,(H,15,18)/t5-,6-,7+,8+,9+,10-,11+,12?,13?,14+/m1/s1/i13D. The van der Waals surface area contributed by atoms with Gasteiger partial charge in [0.2, 0.25) is 5.91 Å². The normalized spacial score (nSPS) is 53.0. The lowest BCUT2D eigenvalue weighted by atomic mass is 9.74. The Kier molecular flexibility index (Phi) is 6.08. The molecular formula is C14H25NO11. The number of nitrogens with one attached hydrogen (secondary N) is 1. The summed E-state index contributed by atoms with van der Waals surface area (Å²) in [6, 6.07) is 0. The molecule has 2 unspecified atom stereocenters. The first-order valence-electron chi connectivity index (χ1n) is 8.41. The third-order valence-corrected chi connectivity index (χ3v) is 4.69. The molecule has 0 aromatic carbocycles. The van der Waals surface area contributed by atoms with E-state index in [1.54, 1.807) is 0 Å². The molecular weight excluding hydrogens is 358 g/mol. The fraction of sp³-hybridized carbons (Fsp3) is 0.929. The summed E-state index contributed by atoms with van der Waals surface area (Å²) in [5.41, 5.74) is -2.77. The average Bonchev–Trinajstić information content (AvgIpc) is 2.60. The van der Waals surface area contributed by atoms with Crippen LogP contribution in [-0.2, 0) is 14.3 Å². The summed E-state index contributed by atoms with van der Waals surface area (Å²) in [4.78, 5) is 11.8. The molecule has 0 aliphatic carbocycles. The fourth-order valence-electron chi connectivity index (χ4n) is 3.31. The van der Waals surface area contributed by atoms with Crippen LogP contribution < -0.4 is 5.32 Å². The first-order valence-corrected chi connectivity index (χ1v) is 7.91. The fourth-order valence-corrected chi connectivity index (χ4v) is 3.31.